The van der Waals surface area contributed by atoms with Crippen LogP contribution in [0.25, 0.3) is 0 Å². The predicted molar refractivity (Wildman–Crippen MR) is 88.9 cm³/mol. The first-order chi connectivity index (χ1) is 11.1. The Labute approximate surface area is 135 Å². The number of carbonyl (C=O) groups excluding carboxylic acids is 1. The van der Waals surface area contributed by atoms with E-state index in [-0.39, 0.29) is 11.9 Å². The van der Waals surface area contributed by atoms with Crippen molar-refractivity contribution in [3.8, 4) is 11.5 Å². The van der Waals surface area contributed by atoms with Gasteiger partial charge in [-0.15, -0.1) is 0 Å². The second-order valence-electron chi connectivity index (χ2n) is 5.62. The third kappa shape index (κ3) is 3.46. The average molecular weight is 312 g/mol. The van der Waals surface area contributed by atoms with Crippen LogP contribution in [0.4, 0.5) is 5.69 Å². The van der Waals surface area contributed by atoms with Gasteiger partial charge < -0.3 is 14.8 Å². The first-order valence-electron chi connectivity index (χ1n) is 7.57. The number of ether oxygens (including phenoxy) is 2. The molecule has 120 valence electrons. The van der Waals surface area contributed by atoms with E-state index in [0.29, 0.717) is 30.4 Å². The lowest BCUT2D eigenvalue weighted by atomic mass is 10.1. The number of carbonyl (C=O) groups is 1. The molecule has 23 heavy (non-hydrogen) atoms. The molecule has 0 fully saturated rings. The van der Waals surface area contributed by atoms with Crippen molar-refractivity contribution < 1.29 is 14.3 Å². The van der Waals surface area contributed by atoms with Crippen LogP contribution < -0.4 is 14.8 Å². The fraction of sp³-hybridized carbons (Fsp3) is 0.278. The fourth-order valence-corrected chi connectivity index (χ4v) is 2.65. The maximum absolute atomic E-state index is 12.7. The van der Waals surface area contributed by atoms with E-state index in [4.69, 9.17) is 9.47 Å². The van der Waals surface area contributed by atoms with Crippen LogP contribution in [0.15, 0.2) is 48.5 Å². The number of likely N-dealkylation sites (N-methyl/N-ethyl adjacent to an activating group) is 1. The topological polar surface area (TPSA) is 50.8 Å². The zero-order valence-electron chi connectivity index (χ0n) is 13.3. The standard InChI is InChI=1S/C18H20N2O3/c1-20(2)17(13-6-4-3-5-7-13)18(21)19-14-8-9-15-16(12-14)23-11-10-22-15/h3-9,12,17H,10-11H2,1-2H3,(H,19,21). The van der Waals surface area contributed by atoms with Gasteiger partial charge in [-0.2, -0.15) is 0 Å². The van der Waals surface area contributed by atoms with Crippen molar-refractivity contribution in [2.24, 2.45) is 0 Å². The lowest BCUT2D eigenvalue weighted by Gasteiger charge is -2.24. The number of nitrogens with zero attached hydrogens (tertiary/aromatic N) is 1. The molecule has 1 heterocycles. The van der Waals surface area contributed by atoms with Gasteiger partial charge in [-0.1, -0.05) is 30.3 Å². The lowest BCUT2D eigenvalue weighted by Crippen LogP contribution is -2.32. The molecule has 0 saturated carbocycles. The number of anilines is 1. The zero-order valence-corrected chi connectivity index (χ0v) is 13.3. The summed E-state index contributed by atoms with van der Waals surface area (Å²) in [7, 11) is 3.78. The molecular weight excluding hydrogens is 292 g/mol. The van der Waals surface area contributed by atoms with Crippen molar-refractivity contribution in [2.75, 3.05) is 32.6 Å². The summed E-state index contributed by atoms with van der Waals surface area (Å²) < 4.78 is 11.0. The second kappa shape index (κ2) is 6.71. The van der Waals surface area contributed by atoms with Gasteiger partial charge in [0.25, 0.3) is 0 Å². The molecule has 1 amide bonds. The molecule has 0 spiro atoms. The van der Waals surface area contributed by atoms with Gasteiger partial charge in [-0.25, -0.2) is 0 Å². The van der Waals surface area contributed by atoms with E-state index >= 15 is 0 Å². The molecule has 5 heteroatoms. The number of rotatable bonds is 4. The quantitative estimate of drug-likeness (QED) is 0.943. The minimum Gasteiger partial charge on any atom is -0.486 e. The second-order valence-corrected chi connectivity index (χ2v) is 5.62. The summed E-state index contributed by atoms with van der Waals surface area (Å²) in [5.41, 5.74) is 1.65. The predicted octanol–water partition coefficient (Wildman–Crippen LogP) is 2.70. The molecular formula is C18H20N2O3. The Morgan fingerprint density at radius 3 is 2.43 bits per heavy atom. The van der Waals surface area contributed by atoms with E-state index in [2.05, 4.69) is 5.32 Å². The van der Waals surface area contributed by atoms with Crippen molar-refractivity contribution in [1.82, 2.24) is 4.90 Å². The highest BCUT2D eigenvalue weighted by atomic mass is 16.6. The van der Waals surface area contributed by atoms with Gasteiger partial charge in [0.15, 0.2) is 11.5 Å². The van der Waals surface area contributed by atoms with Crippen LogP contribution in [-0.4, -0.2) is 38.1 Å². The molecule has 5 nitrogen and oxygen atoms in total. The first kappa shape index (κ1) is 15.4. The molecule has 1 aliphatic heterocycles. The summed E-state index contributed by atoms with van der Waals surface area (Å²) in [6.07, 6.45) is 0. The largest absolute Gasteiger partial charge is 0.486 e. The molecule has 0 saturated heterocycles. The van der Waals surface area contributed by atoms with E-state index in [1.54, 1.807) is 6.07 Å². The van der Waals surface area contributed by atoms with Crippen molar-refractivity contribution in [2.45, 2.75) is 6.04 Å². The Balaban J connectivity index is 1.79. The Kier molecular flexibility index (Phi) is 4.48. The van der Waals surface area contributed by atoms with Crippen molar-refractivity contribution >= 4 is 11.6 Å². The van der Waals surface area contributed by atoms with Crippen molar-refractivity contribution in [1.29, 1.82) is 0 Å². The first-order valence-corrected chi connectivity index (χ1v) is 7.57. The molecule has 0 bridgehead atoms. The summed E-state index contributed by atoms with van der Waals surface area (Å²) >= 11 is 0. The Morgan fingerprint density at radius 2 is 1.74 bits per heavy atom. The molecule has 3 rings (SSSR count). The molecule has 2 aromatic carbocycles. The SMILES string of the molecule is CN(C)C(C(=O)Nc1ccc2c(c1)OCCO2)c1ccccc1. The van der Waals surface area contributed by atoms with Crippen molar-refractivity contribution in [3.63, 3.8) is 0 Å². The Hall–Kier alpha value is -2.53. The van der Waals surface area contributed by atoms with E-state index in [0.717, 1.165) is 5.56 Å². The molecule has 1 aliphatic rings. The highest BCUT2D eigenvalue weighted by molar-refractivity contribution is 5.95. The minimum absolute atomic E-state index is 0.0853. The van der Waals surface area contributed by atoms with E-state index in [1.165, 1.54) is 0 Å². The number of hydrogen-bond donors (Lipinski definition) is 1. The molecule has 1 atom stereocenters. The number of amides is 1. The van der Waals surface area contributed by atoms with Gasteiger partial charge in [0.1, 0.15) is 19.3 Å². The number of fused-ring (bicyclic) bond motifs is 1. The third-order valence-electron chi connectivity index (χ3n) is 3.69. The zero-order chi connectivity index (χ0) is 16.2. The number of benzene rings is 2. The molecule has 1 unspecified atom stereocenters. The van der Waals surface area contributed by atoms with Crippen molar-refractivity contribution in [3.05, 3.63) is 54.1 Å². The molecule has 0 radical (unpaired) electrons. The van der Waals surface area contributed by atoms with Crippen LogP contribution in [0.2, 0.25) is 0 Å². The smallest absolute Gasteiger partial charge is 0.246 e. The number of hydrogen-bond acceptors (Lipinski definition) is 4. The van der Waals surface area contributed by atoms with E-state index < -0.39 is 0 Å². The van der Waals surface area contributed by atoms with Crippen LogP contribution >= 0.6 is 0 Å². The fourth-order valence-electron chi connectivity index (χ4n) is 2.65. The molecule has 0 aliphatic carbocycles. The van der Waals surface area contributed by atoms with Crippen LogP contribution in [0.3, 0.4) is 0 Å². The molecule has 2 aromatic rings. The maximum atomic E-state index is 12.7. The van der Waals surface area contributed by atoms with Crippen LogP contribution in [0.5, 0.6) is 11.5 Å². The summed E-state index contributed by atoms with van der Waals surface area (Å²) in [5, 5.41) is 2.96. The van der Waals surface area contributed by atoms with Gasteiger partial charge in [0.05, 0.1) is 0 Å². The van der Waals surface area contributed by atoms with Gasteiger partial charge in [0, 0.05) is 11.8 Å². The summed E-state index contributed by atoms with van der Waals surface area (Å²) in [4.78, 5) is 14.6. The summed E-state index contributed by atoms with van der Waals surface area (Å²) in [6.45, 7) is 1.07. The Bertz CT molecular complexity index is 686. The minimum atomic E-state index is -0.357. The van der Waals surface area contributed by atoms with Gasteiger partial charge in [-0.05, 0) is 31.8 Å². The van der Waals surface area contributed by atoms with Crippen LogP contribution in [0, 0.1) is 0 Å². The van der Waals surface area contributed by atoms with E-state index in [1.807, 2.05) is 61.5 Å². The highest BCUT2D eigenvalue weighted by Gasteiger charge is 2.23. The number of nitrogens with one attached hydrogen (secondary N) is 1. The summed E-state index contributed by atoms with van der Waals surface area (Å²) in [6, 6.07) is 14.8. The lowest BCUT2D eigenvalue weighted by molar-refractivity contribution is -0.120. The molecule has 0 aromatic heterocycles. The van der Waals surface area contributed by atoms with E-state index in [9.17, 15) is 4.79 Å². The van der Waals surface area contributed by atoms with Gasteiger partial charge in [0.2, 0.25) is 5.91 Å². The average Bonchev–Trinajstić information content (AvgIpc) is 2.55. The monoisotopic (exact) mass is 312 g/mol. The van der Waals surface area contributed by atoms with Crippen LogP contribution in [-0.2, 0) is 4.79 Å². The maximum Gasteiger partial charge on any atom is 0.246 e. The van der Waals surface area contributed by atoms with Gasteiger partial charge in [-0.3, -0.25) is 9.69 Å². The molecule has 1 N–H and O–H groups in total. The Morgan fingerprint density at radius 1 is 1.04 bits per heavy atom. The highest BCUT2D eigenvalue weighted by Crippen LogP contribution is 2.33. The van der Waals surface area contributed by atoms with Gasteiger partial charge >= 0.3 is 0 Å². The van der Waals surface area contributed by atoms with Crippen LogP contribution in [0.1, 0.15) is 11.6 Å². The summed E-state index contributed by atoms with van der Waals surface area (Å²) in [5.74, 6) is 1.29. The normalized spacial score (nSPS) is 14.4. The third-order valence-corrected chi connectivity index (χ3v) is 3.69.